The third-order valence-electron chi connectivity index (χ3n) is 2.71. The van der Waals surface area contributed by atoms with Gasteiger partial charge in [-0.05, 0) is 31.6 Å². The fraction of sp³-hybridized carbons (Fsp3) is 0.900. The van der Waals surface area contributed by atoms with Gasteiger partial charge in [-0.1, -0.05) is 6.92 Å². The number of amides is 2. The van der Waals surface area contributed by atoms with Gasteiger partial charge >= 0.3 is 6.03 Å². The van der Waals surface area contributed by atoms with Gasteiger partial charge in [0.1, 0.15) is 0 Å². The Balaban J connectivity index is 2.27. The van der Waals surface area contributed by atoms with Gasteiger partial charge in [-0.2, -0.15) is 0 Å². The van der Waals surface area contributed by atoms with Gasteiger partial charge in [0.15, 0.2) is 0 Å². The molecule has 0 saturated carbocycles. The summed E-state index contributed by atoms with van der Waals surface area (Å²) >= 11 is 0. The highest BCUT2D eigenvalue weighted by Gasteiger charge is 2.18. The quantitative estimate of drug-likeness (QED) is 0.717. The van der Waals surface area contributed by atoms with Gasteiger partial charge in [0.2, 0.25) is 0 Å². The van der Waals surface area contributed by atoms with E-state index in [-0.39, 0.29) is 6.04 Å². The first-order valence-electron chi connectivity index (χ1n) is 5.36. The molecule has 14 heavy (non-hydrogen) atoms. The molecule has 1 aliphatic heterocycles. The number of hydrogen-bond acceptors (Lipinski definition) is 2. The number of primary amides is 1. The zero-order valence-corrected chi connectivity index (χ0v) is 8.79. The van der Waals surface area contributed by atoms with Crippen LogP contribution in [0.3, 0.4) is 0 Å². The Morgan fingerprint density at radius 3 is 3.00 bits per heavy atom. The first-order valence-corrected chi connectivity index (χ1v) is 5.36. The summed E-state index contributed by atoms with van der Waals surface area (Å²) in [5, 5.41) is 2.76. The average molecular weight is 200 g/mol. The molecule has 4 nitrogen and oxygen atoms in total. The van der Waals surface area contributed by atoms with Crippen LogP contribution in [-0.2, 0) is 4.74 Å². The van der Waals surface area contributed by atoms with Gasteiger partial charge in [-0.15, -0.1) is 0 Å². The molecule has 0 aromatic heterocycles. The molecule has 4 heteroatoms. The largest absolute Gasteiger partial charge is 0.381 e. The molecular weight excluding hydrogens is 180 g/mol. The molecule has 2 amide bonds. The number of rotatable bonds is 4. The summed E-state index contributed by atoms with van der Waals surface area (Å²) in [5.41, 5.74) is 5.09. The predicted octanol–water partition coefficient (Wildman–Crippen LogP) is 1.25. The van der Waals surface area contributed by atoms with Gasteiger partial charge in [0.25, 0.3) is 0 Å². The first-order chi connectivity index (χ1) is 6.72. The molecule has 1 aliphatic rings. The minimum atomic E-state index is -0.423. The summed E-state index contributed by atoms with van der Waals surface area (Å²) in [5.74, 6) is 0.584. The summed E-state index contributed by atoms with van der Waals surface area (Å²) in [6.45, 7) is 3.78. The molecule has 1 saturated heterocycles. The van der Waals surface area contributed by atoms with Crippen molar-refractivity contribution in [2.24, 2.45) is 11.7 Å². The van der Waals surface area contributed by atoms with E-state index < -0.39 is 6.03 Å². The molecule has 0 spiro atoms. The van der Waals surface area contributed by atoms with Crippen LogP contribution >= 0.6 is 0 Å². The van der Waals surface area contributed by atoms with E-state index in [4.69, 9.17) is 10.5 Å². The minimum absolute atomic E-state index is 0.208. The molecule has 0 radical (unpaired) electrons. The number of carbonyl (C=O) groups is 1. The van der Waals surface area contributed by atoms with E-state index >= 15 is 0 Å². The molecule has 0 unspecified atom stereocenters. The highest BCUT2D eigenvalue weighted by Crippen LogP contribution is 2.19. The van der Waals surface area contributed by atoms with Crippen LogP contribution < -0.4 is 11.1 Å². The lowest BCUT2D eigenvalue weighted by molar-refractivity contribution is 0.0478. The van der Waals surface area contributed by atoms with Gasteiger partial charge in [0, 0.05) is 19.3 Å². The highest BCUT2D eigenvalue weighted by atomic mass is 16.5. The zero-order valence-electron chi connectivity index (χ0n) is 8.79. The van der Waals surface area contributed by atoms with Crippen LogP contribution in [-0.4, -0.2) is 25.3 Å². The van der Waals surface area contributed by atoms with Crippen molar-refractivity contribution in [3.63, 3.8) is 0 Å². The third kappa shape index (κ3) is 3.96. The van der Waals surface area contributed by atoms with Crippen LogP contribution in [0.15, 0.2) is 0 Å². The molecule has 0 aromatic rings. The van der Waals surface area contributed by atoms with Crippen LogP contribution in [0.2, 0.25) is 0 Å². The summed E-state index contributed by atoms with van der Waals surface area (Å²) in [6.07, 6.45) is 4.26. The average Bonchev–Trinajstić information content (AvgIpc) is 2.17. The molecule has 0 aliphatic carbocycles. The maximum absolute atomic E-state index is 10.7. The number of nitrogens with two attached hydrogens (primary N) is 1. The molecule has 0 aromatic carbocycles. The van der Waals surface area contributed by atoms with Crippen molar-refractivity contribution in [2.75, 3.05) is 13.2 Å². The molecule has 1 fully saturated rings. The van der Waals surface area contributed by atoms with E-state index in [1.807, 2.05) is 0 Å². The van der Waals surface area contributed by atoms with E-state index in [1.54, 1.807) is 0 Å². The lowest BCUT2D eigenvalue weighted by Gasteiger charge is -2.26. The Morgan fingerprint density at radius 1 is 1.71 bits per heavy atom. The van der Waals surface area contributed by atoms with Gasteiger partial charge < -0.3 is 15.8 Å². The molecule has 82 valence electrons. The summed E-state index contributed by atoms with van der Waals surface area (Å²) in [6, 6.07) is -0.215. The molecular formula is C10H20N2O2. The minimum Gasteiger partial charge on any atom is -0.381 e. The fourth-order valence-electron chi connectivity index (χ4n) is 1.92. The number of ether oxygens (including phenoxy) is 1. The van der Waals surface area contributed by atoms with Crippen molar-refractivity contribution in [1.82, 2.24) is 5.32 Å². The Morgan fingerprint density at radius 2 is 2.50 bits per heavy atom. The monoisotopic (exact) mass is 200 g/mol. The molecule has 1 rings (SSSR count). The topological polar surface area (TPSA) is 64.3 Å². The fourth-order valence-corrected chi connectivity index (χ4v) is 1.92. The van der Waals surface area contributed by atoms with Crippen molar-refractivity contribution in [3.05, 3.63) is 0 Å². The Labute approximate surface area is 85.2 Å². The van der Waals surface area contributed by atoms with Crippen LogP contribution in [0.1, 0.15) is 32.6 Å². The standard InChI is InChI=1S/C10H20N2O2/c1-2-9(12-10(11)13)6-8-4-3-5-14-7-8/h8-9H,2-7H2,1H3,(H3,11,12,13)/t8-,9-/m1/s1. The molecule has 3 N–H and O–H groups in total. The van der Waals surface area contributed by atoms with Crippen LogP contribution in [0.4, 0.5) is 4.79 Å². The highest BCUT2D eigenvalue weighted by molar-refractivity contribution is 5.71. The first kappa shape index (κ1) is 11.3. The van der Waals surface area contributed by atoms with Crippen LogP contribution in [0.5, 0.6) is 0 Å². The van der Waals surface area contributed by atoms with Gasteiger partial charge in [-0.3, -0.25) is 0 Å². The zero-order chi connectivity index (χ0) is 10.4. The van der Waals surface area contributed by atoms with Crippen LogP contribution in [0, 0.1) is 5.92 Å². The van der Waals surface area contributed by atoms with E-state index in [0.29, 0.717) is 5.92 Å². The normalized spacial score (nSPS) is 24.2. The lowest BCUT2D eigenvalue weighted by Crippen LogP contribution is -2.40. The van der Waals surface area contributed by atoms with Crippen LogP contribution in [0.25, 0.3) is 0 Å². The van der Waals surface area contributed by atoms with Crippen molar-refractivity contribution in [2.45, 2.75) is 38.6 Å². The summed E-state index contributed by atoms with van der Waals surface area (Å²) in [4.78, 5) is 10.7. The maximum Gasteiger partial charge on any atom is 0.312 e. The smallest absolute Gasteiger partial charge is 0.312 e. The number of urea groups is 1. The SMILES string of the molecule is CC[C@H](C[C@H]1CCCOC1)NC(N)=O. The Bertz CT molecular complexity index is 179. The van der Waals surface area contributed by atoms with Gasteiger partial charge in [0.05, 0.1) is 0 Å². The predicted molar refractivity (Wildman–Crippen MR) is 55.0 cm³/mol. The molecule has 0 bridgehead atoms. The lowest BCUT2D eigenvalue weighted by atomic mass is 9.93. The van der Waals surface area contributed by atoms with E-state index in [1.165, 1.54) is 6.42 Å². The second-order valence-electron chi connectivity index (χ2n) is 3.93. The maximum atomic E-state index is 10.7. The summed E-state index contributed by atoms with van der Waals surface area (Å²) < 4.78 is 5.39. The van der Waals surface area contributed by atoms with Crippen molar-refractivity contribution >= 4 is 6.03 Å². The third-order valence-corrected chi connectivity index (χ3v) is 2.71. The second-order valence-corrected chi connectivity index (χ2v) is 3.93. The Kier molecular flexibility index (Phi) is 4.73. The molecule has 2 atom stereocenters. The second kappa shape index (κ2) is 5.86. The van der Waals surface area contributed by atoms with Gasteiger partial charge in [-0.25, -0.2) is 4.79 Å². The van der Waals surface area contributed by atoms with Crippen molar-refractivity contribution < 1.29 is 9.53 Å². The van der Waals surface area contributed by atoms with E-state index in [2.05, 4.69) is 12.2 Å². The molecule has 1 heterocycles. The van der Waals surface area contributed by atoms with E-state index in [9.17, 15) is 4.79 Å². The number of nitrogens with one attached hydrogen (secondary N) is 1. The van der Waals surface area contributed by atoms with Crippen molar-refractivity contribution in [1.29, 1.82) is 0 Å². The Hall–Kier alpha value is -0.770. The number of hydrogen-bond donors (Lipinski definition) is 2. The number of carbonyl (C=O) groups excluding carboxylic acids is 1. The van der Waals surface area contributed by atoms with Crippen molar-refractivity contribution in [3.8, 4) is 0 Å². The van der Waals surface area contributed by atoms with E-state index in [0.717, 1.165) is 32.5 Å². The summed E-state index contributed by atoms with van der Waals surface area (Å²) in [7, 11) is 0.